The summed E-state index contributed by atoms with van der Waals surface area (Å²) < 4.78 is 65.1. The summed E-state index contributed by atoms with van der Waals surface area (Å²) in [6, 6.07) is 27.8. The van der Waals surface area contributed by atoms with Crippen molar-refractivity contribution in [2.24, 2.45) is 0 Å². The van der Waals surface area contributed by atoms with E-state index in [9.17, 15) is 33.6 Å². The average Bonchev–Trinajstić information content (AvgIpc) is 3.22. The van der Waals surface area contributed by atoms with E-state index >= 15 is 0 Å². The third-order valence-electron chi connectivity index (χ3n) is 9.72. The number of rotatable bonds is 16. The molecule has 2 saturated heterocycles. The van der Waals surface area contributed by atoms with E-state index in [0.717, 1.165) is 48.5 Å². The van der Waals surface area contributed by atoms with Crippen LogP contribution in [0, 0.1) is 0 Å². The highest BCUT2D eigenvalue weighted by Gasteiger charge is 2.58. The number of carbonyl (C=O) groups excluding carboxylic acids is 7. The van der Waals surface area contributed by atoms with Gasteiger partial charge in [0.1, 0.15) is 24.4 Å². The second-order valence-corrected chi connectivity index (χ2v) is 14.6. The molecule has 18 heteroatoms. The molecule has 2 heterocycles. The highest BCUT2D eigenvalue weighted by molar-refractivity contribution is 5.70. The number of ether oxygens (including phenoxy) is 11. The molecule has 0 radical (unpaired) electrons. The average molecular weight is 879 g/mol. The third kappa shape index (κ3) is 12.3. The van der Waals surface area contributed by atoms with Crippen LogP contribution in [-0.4, -0.2) is 116 Å². The minimum absolute atomic E-state index is 0.431. The molecule has 0 spiro atoms. The van der Waals surface area contributed by atoms with Crippen molar-refractivity contribution in [3.8, 4) is 0 Å². The van der Waals surface area contributed by atoms with Crippen LogP contribution in [0.5, 0.6) is 0 Å². The van der Waals surface area contributed by atoms with Crippen LogP contribution in [0.1, 0.15) is 65.2 Å². The van der Waals surface area contributed by atoms with Crippen LogP contribution in [0.4, 0.5) is 0 Å². The first-order valence-corrected chi connectivity index (χ1v) is 19.9. The van der Waals surface area contributed by atoms with Crippen molar-refractivity contribution in [2.45, 2.75) is 115 Å². The number of hydrogen-bond acceptors (Lipinski definition) is 18. The molecular formula is C45H50O18. The van der Waals surface area contributed by atoms with Gasteiger partial charge in [-0.25, -0.2) is 0 Å². The highest BCUT2D eigenvalue weighted by Crippen LogP contribution is 2.42. The maximum atomic E-state index is 12.8. The molecule has 63 heavy (non-hydrogen) atoms. The van der Waals surface area contributed by atoms with Crippen LogP contribution in [0.15, 0.2) is 91.0 Å². The van der Waals surface area contributed by atoms with Gasteiger partial charge >= 0.3 is 41.8 Å². The Bertz CT molecular complexity index is 1960. The van der Waals surface area contributed by atoms with E-state index in [1.165, 1.54) is 0 Å². The lowest BCUT2D eigenvalue weighted by atomic mass is 9.80. The molecule has 10 atom stereocenters. The van der Waals surface area contributed by atoms with Gasteiger partial charge < -0.3 is 52.1 Å². The molecular weight excluding hydrogens is 828 g/mol. The van der Waals surface area contributed by atoms with Gasteiger partial charge in [-0.1, -0.05) is 91.0 Å². The van der Waals surface area contributed by atoms with E-state index in [0.29, 0.717) is 16.7 Å². The summed E-state index contributed by atoms with van der Waals surface area (Å²) in [6.07, 6.45) is -16.4. The van der Waals surface area contributed by atoms with Crippen LogP contribution in [0.3, 0.4) is 0 Å². The molecule has 2 aliphatic heterocycles. The fourth-order valence-corrected chi connectivity index (χ4v) is 7.50. The number of hydrogen-bond donors (Lipinski definition) is 0. The SMILES string of the molecule is CC(=O)OC[C@H]1O[C@H](O[C@H]2O[C@H](COC(c3ccccc3)(c3ccccc3)c3ccccc3)[C@@H](OC(C)=O)[C@H](OC(C)=O)[C@H]2OC(C)=O)[C@H](OC(C)=O)[C@@H](OC(C)=O)[C@@H]1OC(C)=O. The van der Waals surface area contributed by atoms with Crippen molar-refractivity contribution in [1.29, 1.82) is 0 Å². The summed E-state index contributed by atoms with van der Waals surface area (Å²) in [5.74, 6) is -6.06. The van der Waals surface area contributed by atoms with Gasteiger partial charge in [-0.2, -0.15) is 0 Å². The predicted octanol–water partition coefficient (Wildman–Crippen LogP) is 3.61. The lowest BCUT2D eigenvalue weighted by molar-refractivity contribution is -0.378. The minimum Gasteiger partial charge on any atom is -0.463 e. The van der Waals surface area contributed by atoms with Crippen LogP contribution in [-0.2, 0) is 91.3 Å². The molecule has 0 saturated carbocycles. The zero-order valence-electron chi connectivity index (χ0n) is 35.7. The maximum absolute atomic E-state index is 12.8. The molecule has 3 aromatic carbocycles. The third-order valence-corrected chi connectivity index (χ3v) is 9.72. The zero-order valence-corrected chi connectivity index (χ0v) is 35.7. The minimum atomic E-state index is -1.85. The summed E-state index contributed by atoms with van der Waals surface area (Å²) in [4.78, 5) is 87.9. The van der Waals surface area contributed by atoms with Crippen molar-refractivity contribution in [3.05, 3.63) is 108 Å². The zero-order chi connectivity index (χ0) is 45.8. The van der Waals surface area contributed by atoms with Gasteiger partial charge in [-0.3, -0.25) is 33.6 Å². The van der Waals surface area contributed by atoms with Gasteiger partial charge in [0.2, 0.25) is 12.6 Å². The molecule has 2 aliphatic rings. The van der Waals surface area contributed by atoms with E-state index in [2.05, 4.69) is 0 Å². The quantitative estimate of drug-likeness (QED) is 0.114. The normalized spacial score (nSPS) is 25.6. The van der Waals surface area contributed by atoms with E-state index in [4.69, 9.17) is 52.1 Å². The van der Waals surface area contributed by atoms with Crippen molar-refractivity contribution < 1.29 is 85.7 Å². The van der Waals surface area contributed by atoms with Crippen LogP contribution < -0.4 is 0 Å². The van der Waals surface area contributed by atoms with Crippen molar-refractivity contribution in [3.63, 3.8) is 0 Å². The summed E-state index contributed by atoms with van der Waals surface area (Å²) in [7, 11) is 0. The molecule has 18 nitrogen and oxygen atoms in total. The van der Waals surface area contributed by atoms with E-state index < -0.39 is 122 Å². The van der Waals surface area contributed by atoms with Crippen molar-refractivity contribution in [2.75, 3.05) is 13.2 Å². The molecule has 3 aromatic rings. The Labute approximate surface area is 363 Å². The van der Waals surface area contributed by atoms with Crippen molar-refractivity contribution in [1.82, 2.24) is 0 Å². The molecule has 5 rings (SSSR count). The van der Waals surface area contributed by atoms with Gasteiger partial charge in [-0.15, -0.1) is 0 Å². The Morgan fingerprint density at radius 3 is 1.03 bits per heavy atom. The van der Waals surface area contributed by atoms with Gasteiger partial charge in [0, 0.05) is 48.5 Å². The van der Waals surface area contributed by atoms with Crippen LogP contribution in [0.2, 0.25) is 0 Å². The number of carbonyl (C=O) groups is 7. The van der Waals surface area contributed by atoms with Gasteiger partial charge in [0.25, 0.3) is 0 Å². The van der Waals surface area contributed by atoms with Crippen LogP contribution in [0.25, 0.3) is 0 Å². The van der Waals surface area contributed by atoms with E-state index in [1.54, 1.807) is 0 Å². The Morgan fingerprint density at radius 1 is 0.413 bits per heavy atom. The topological polar surface area (TPSA) is 221 Å². The largest absolute Gasteiger partial charge is 0.463 e. The highest BCUT2D eigenvalue weighted by atomic mass is 16.8. The summed E-state index contributed by atoms with van der Waals surface area (Å²) in [5, 5.41) is 0. The molecule has 0 amide bonds. The van der Waals surface area contributed by atoms with Gasteiger partial charge in [0.05, 0.1) is 6.61 Å². The van der Waals surface area contributed by atoms with E-state index in [-0.39, 0.29) is 0 Å². The second kappa shape index (κ2) is 21.7. The Balaban J connectivity index is 1.65. The van der Waals surface area contributed by atoms with Crippen molar-refractivity contribution >= 4 is 41.8 Å². The fourth-order valence-electron chi connectivity index (χ4n) is 7.50. The monoisotopic (exact) mass is 878 g/mol. The number of esters is 7. The van der Waals surface area contributed by atoms with Gasteiger partial charge in [-0.05, 0) is 16.7 Å². The second-order valence-electron chi connectivity index (χ2n) is 14.6. The summed E-state index contributed by atoms with van der Waals surface area (Å²) >= 11 is 0. The van der Waals surface area contributed by atoms with E-state index in [1.807, 2.05) is 91.0 Å². The molecule has 0 unspecified atom stereocenters. The molecule has 2 fully saturated rings. The number of benzene rings is 3. The summed E-state index contributed by atoms with van der Waals surface area (Å²) in [5.41, 5.74) is 0.735. The Kier molecular flexibility index (Phi) is 16.5. The Morgan fingerprint density at radius 2 is 0.714 bits per heavy atom. The smallest absolute Gasteiger partial charge is 0.303 e. The summed E-state index contributed by atoms with van der Waals surface area (Å²) in [6.45, 7) is 6.50. The molecule has 0 aromatic heterocycles. The lowest BCUT2D eigenvalue weighted by Gasteiger charge is -2.48. The molecule has 0 aliphatic carbocycles. The lowest BCUT2D eigenvalue weighted by Crippen LogP contribution is -2.67. The standard InChI is InChI=1S/C45H50O18/c1-25(46)53-23-35-37(55-26(2)47)39(57-28(4)49)41(59-30(6)51)43(61-35)63-44-42(60-31(7)52)40(58-29(5)50)38(56-27(3)48)36(62-44)24-54-45(32-17-11-8-12-18-32,33-19-13-9-14-20-33)34-21-15-10-16-22-34/h8-22,35-44H,23-24H2,1-7H3/t35-,36-,37-,38-,39+,40+,41-,42-,43-,44-/m1/s1. The first-order chi connectivity index (χ1) is 30.0. The first kappa shape index (κ1) is 47.8. The molecule has 338 valence electrons. The Hall–Kier alpha value is -6.21. The molecule has 0 bridgehead atoms. The van der Waals surface area contributed by atoms with Crippen LogP contribution >= 0.6 is 0 Å². The van der Waals surface area contributed by atoms with Gasteiger partial charge in [0.15, 0.2) is 36.6 Å². The fraction of sp³-hybridized carbons (Fsp3) is 0.444. The molecule has 0 N–H and O–H groups in total. The maximum Gasteiger partial charge on any atom is 0.303 e. The first-order valence-electron chi connectivity index (χ1n) is 19.9. The predicted molar refractivity (Wildman–Crippen MR) is 214 cm³/mol.